The van der Waals surface area contributed by atoms with Gasteiger partial charge < -0.3 is 11.1 Å². The van der Waals surface area contributed by atoms with Crippen LogP contribution in [0.3, 0.4) is 0 Å². The van der Waals surface area contributed by atoms with E-state index in [0.717, 1.165) is 18.3 Å². The Bertz CT molecular complexity index is 389. The van der Waals surface area contributed by atoms with Gasteiger partial charge in [-0.2, -0.15) is 13.2 Å². The summed E-state index contributed by atoms with van der Waals surface area (Å²) in [7, 11) is 0. The third-order valence-corrected chi connectivity index (χ3v) is 2.10. The Morgan fingerprint density at radius 1 is 1.53 bits per heavy atom. The highest BCUT2D eigenvalue weighted by molar-refractivity contribution is 5.94. The van der Waals surface area contributed by atoms with Crippen LogP contribution in [-0.4, -0.2) is 16.9 Å². The van der Waals surface area contributed by atoms with Crippen LogP contribution >= 0.6 is 0 Å². The molecule has 1 aromatic heterocycles. The maximum Gasteiger partial charge on any atom is 0.433 e. The van der Waals surface area contributed by atoms with Crippen molar-refractivity contribution in [1.29, 1.82) is 0 Å². The third kappa shape index (κ3) is 3.70. The van der Waals surface area contributed by atoms with Crippen molar-refractivity contribution in [1.82, 2.24) is 4.98 Å². The Morgan fingerprint density at radius 2 is 2.18 bits per heavy atom. The van der Waals surface area contributed by atoms with Gasteiger partial charge in [-0.3, -0.25) is 4.79 Å². The molecule has 1 heterocycles. The largest absolute Gasteiger partial charge is 0.433 e. The van der Waals surface area contributed by atoms with Crippen molar-refractivity contribution >= 4 is 11.6 Å². The summed E-state index contributed by atoms with van der Waals surface area (Å²) in [4.78, 5) is 14.5. The van der Waals surface area contributed by atoms with E-state index in [9.17, 15) is 18.0 Å². The van der Waals surface area contributed by atoms with Gasteiger partial charge in [0.15, 0.2) is 0 Å². The summed E-state index contributed by atoms with van der Waals surface area (Å²) in [6.45, 7) is 1.73. The van der Waals surface area contributed by atoms with Crippen LogP contribution in [0.15, 0.2) is 18.3 Å². The summed E-state index contributed by atoms with van der Waals surface area (Å²) in [6, 6.07) is 1.25. The van der Waals surface area contributed by atoms with Crippen LogP contribution in [-0.2, 0) is 11.0 Å². The summed E-state index contributed by atoms with van der Waals surface area (Å²) in [5.74, 6) is -0.450. The van der Waals surface area contributed by atoms with Crippen molar-refractivity contribution in [2.24, 2.45) is 5.73 Å². The number of pyridine rings is 1. The molecule has 0 bridgehead atoms. The molecule has 1 amide bonds. The van der Waals surface area contributed by atoms with Crippen LogP contribution in [0.5, 0.6) is 0 Å². The fraction of sp³-hybridized carbons (Fsp3) is 0.400. The molecule has 0 spiro atoms. The van der Waals surface area contributed by atoms with Gasteiger partial charge in [0.2, 0.25) is 5.91 Å². The second-order valence-corrected chi connectivity index (χ2v) is 3.43. The van der Waals surface area contributed by atoms with Crippen LogP contribution in [0.2, 0.25) is 0 Å². The molecule has 4 nitrogen and oxygen atoms in total. The van der Waals surface area contributed by atoms with Gasteiger partial charge >= 0.3 is 6.18 Å². The molecule has 1 atom stereocenters. The minimum atomic E-state index is -4.48. The Morgan fingerprint density at radius 3 is 2.59 bits per heavy atom. The van der Waals surface area contributed by atoms with E-state index in [4.69, 9.17) is 5.73 Å². The smallest absolute Gasteiger partial charge is 0.323 e. The zero-order valence-corrected chi connectivity index (χ0v) is 9.08. The van der Waals surface area contributed by atoms with Crippen molar-refractivity contribution in [3.05, 3.63) is 24.0 Å². The first kappa shape index (κ1) is 13.4. The number of hydrogen-bond acceptors (Lipinski definition) is 3. The lowest BCUT2D eigenvalue weighted by Crippen LogP contribution is -2.34. The number of aromatic nitrogens is 1. The number of rotatable bonds is 3. The van der Waals surface area contributed by atoms with Crippen LogP contribution in [0.1, 0.15) is 19.0 Å². The lowest BCUT2D eigenvalue weighted by atomic mass is 10.2. The van der Waals surface area contributed by atoms with Gasteiger partial charge in [0.05, 0.1) is 17.9 Å². The van der Waals surface area contributed by atoms with Crippen molar-refractivity contribution in [2.75, 3.05) is 5.32 Å². The molecule has 0 aliphatic rings. The summed E-state index contributed by atoms with van der Waals surface area (Å²) in [5.41, 5.74) is 4.63. The zero-order valence-electron chi connectivity index (χ0n) is 9.08. The van der Waals surface area contributed by atoms with Gasteiger partial charge in [-0.25, -0.2) is 4.98 Å². The molecule has 0 aliphatic carbocycles. The van der Waals surface area contributed by atoms with E-state index in [1.165, 1.54) is 0 Å². The second kappa shape index (κ2) is 5.13. The van der Waals surface area contributed by atoms with E-state index in [1.54, 1.807) is 6.92 Å². The highest BCUT2D eigenvalue weighted by Gasteiger charge is 2.32. The SMILES string of the molecule is CCC(N)C(=O)Nc1ccc(C(F)(F)F)nc1. The molecule has 17 heavy (non-hydrogen) atoms. The monoisotopic (exact) mass is 247 g/mol. The highest BCUT2D eigenvalue weighted by Crippen LogP contribution is 2.27. The van der Waals surface area contributed by atoms with Crippen LogP contribution < -0.4 is 11.1 Å². The molecule has 0 saturated heterocycles. The van der Waals surface area contributed by atoms with Gasteiger partial charge in [0.25, 0.3) is 0 Å². The Kier molecular flexibility index (Phi) is 4.06. The first-order valence-corrected chi connectivity index (χ1v) is 4.94. The minimum absolute atomic E-state index is 0.187. The van der Waals surface area contributed by atoms with E-state index >= 15 is 0 Å². The topological polar surface area (TPSA) is 68.0 Å². The maximum absolute atomic E-state index is 12.2. The van der Waals surface area contributed by atoms with E-state index in [1.807, 2.05) is 0 Å². The van der Waals surface area contributed by atoms with Gasteiger partial charge in [-0.1, -0.05) is 6.92 Å². The number of hydrogen-bond donors (Lipinski definition) is 2. The fourth-order valence-electron chi connectivity index (χ4n) is 1.06. The first-order valence-electron chi connectivity index (χ1n) is 4.94. The van der Waals surface area contributed by atoms with Crippen molar-refractivity contribution in [2.45, 2.75) is 25.6 Å². The number of carbonyl (C=O) groups excluding carboxylic acids is 1. The Hall–Kier alpha value is -1.63. The number of anilines is 1. The summed E-state index contributed by atoms with van der Waals surface area (Å²) < 4.78 is 36.6. The first-order chi connectivity index (χ1) is 7.84. The third-order valence-electron chi connectivity index (χ3n) is 2.10. The number of nitrogens with two attached hydrogens (primary N) is 1. The zero-order chi connectivity index (χ0) is 13.1. The standard InChI is InChI=1S/C10H12F3N3O/c1-2-7(14)9(17)16-6-3-4-8(15-5-6)10(11,12)13/h3-5,7H,2,14H2,1H3,(H,16,17). The lowest BCUT2D eigenvalue weighted by Gasteiger charge is -2.10. The average molecular weight is 247 g/mol. The van der Waals surface area contributed by atoms with Crippen LogP contribution in [0, 0.1) is 0 Å². The maximum atomic E-state index is 12.2. The molecule has 7 heteroatoms. The van der Waals surface area contributed by atoms with E-state index in [0.29, 0.717) is 6.42 Å². The summed E-state index contributed by atoms with van der Waals surface area (Å²) in [6.07, 6.45) is -3.09. The number of halogens is 3. The molecule has 0 saturated carbocycles. The Balaban J connectivity index is 2.73. The molecule has 1 unspecified atom stereocenters. The minimum Gasteiger partial charge on any atom is -0.323 e. The number of nitrogens with one attached hydrogen (secondary N) is 1. The number of carbonyl (C=O) groups is 1. The summed E-state index contributed by atoms with van der Waals surface area (Å²) in [5, 5.41) is 2.38. The predicted molar refractivity (Wildman–Crippen MR) is 56.1 cm³/mol. The predicted octanol–water partition coefficient (Wildman–Crippen LogP) is 1.78. The number of amides is 1. The summed E-state index contributed by atoms with van der Waals surface area (Å²) >= 11 is 0. The molecule has 0 aliphatic heterocycles. The molecule has 94 valence electrons. The van der Waals surface area contributed by atoms with Crippen molar-refractivity contribution < 1.29 is 18.0 Å². The molecule has 0 fully saturated rings. The van der Waals surface area contributed by atoms with Crippen molar-refractivity contribution in [3.8, 4) is 0 Å². The molecule has 1 rings (SSSR count). The van der Waals surface area contributed by atoms with Gasteiger partial charge in [-0.05, 0) is 18.6 Å². The second-order valence-electron chi connectivity index (χ2n) is 3.43. The van der Waals surface area contributed by atoms with E-state index < -0.39 is 23.8 Å². The average Bonchev–Trinajstić information content (AvgIpc) is 2.27. The highest BCUT2D eigenvalue weighted by atomic mass is 19.4. The van der Waals surface area contributed by atoms with Crippen molar-refractivity contribution in [3.63, 3.8) is 0 Å². The molecule has 3 N–H and O–H groups in total. The molecular formula is C10H12F3N3O. The van der Waals surface area contributed by atoms with E-state index in [2.05, 4.69) is 10.3 Å². The number of alkyl halides is 3. The Labute approximate surface area is 96.0 Å². The quantitative estimate of drug-likeness (QED) is 0.855. The number of nitrogens with zero attached hydrogens (tertiary/aromatic N) is 1. The van der Waals surface area contributed by atoms with E-state index in [-0.39, 0.29) is 5.69 Å². The normalized spacial score (nSPS) is 13.2. The molecular weight excluding hydrogens is 235 g/mol. The fourth-order valence-corrected chi connectivity index (χ4v) is 1.06. The molecule has 0 aromatic carbocycles. The van der Waals surface area contributed by atoms with Gasteiger partial charge in [0, 0.05) is 0 Å². The van der Waals surface area contributed by atoms with Gasteiger partial charge in [-0.15, -0.1) is 0 Å². The van der Waals surface area contributed by atoms with Crippen LogP contribution in [0.4, 0.5) is 18.9 Å². The van der Waals surface area contributed by atoms with Crippen LogP contribution in [0.25, 0.3) is 0 Å². The van der Waals surface area contributed by atoms with Gasteiger partial charge in [0.1, 0.15) is 5.69 Å². The molecule has 0 radical (unpaired) electrons. The lowest BCUT2D eigenvalue weighted by molar-refractivity contribution is -0.141. The molecule has 1 aromatic rings.